The molecule has 18 heavy (non-hydrogen) atoms. The number of aliphatic carboxylic acids is 1. The number of nitrogens with two attached hydrogens (primary N) is 1. The van der Waals surface area contributed by atoms with E-state index in [1.54, 1.807) is 0 Å². The van der Waals surface area contributed by atoms with Gasteiger partial charge in [0.1, 0.15) is 0 Å². The zero-order valence-corrected chi connectivity index (χ0v) is 10.8. The Morgan fingerprint density at radius 1 is 1.39 bits per heavy atom. The van der Waals surface area contributed by atoms with E-state index in [0.29, 0.717) is 6.54 Å². The van der Waals surface area contributed by atoms with Crippen LogP contribution in [-0.4, -0.2) is 54.0 Å². The van der Waals surface area contributed by atoms with Crippen LogP contribution in [0.15, 0.2) is 0 Å². The molecule has 7 heteroatoms. The first kappa shape index (κ1) is 16.4. The molecule has 0 fully saturated rings. The highest BCUT2D eigenvalue weighted by atomic mass is 16.4. The van der Waals surface area contributed by atoms with Gasteiger partial charge < -0.3 is 21.1 Å². The minimum Gasteiger partial charge on any atom is -0.481 e. The minimum absolute atomic E-state index is 0.0646. The monoisotopic (exact) mass is 259 g/mol. The van der Waals surface area contributed by atoms with Gasteiger partial charge in [-0.1, -0.05) is 6.92 Å². The molecule has 0 aliphatic heterocycles. The average Bonchev–Trinajstić information content (AvgIpc) is 2.32. The van der Waals surface area contributed by atoms with E-state index < -0.39 is 17.9 Å². The predicted octanol–water partition coefficient (Wildman–Crippen LogP) is -0.837. The Hall–Kier alpha value is -1.63. The van der Waals surface area contributed by atoms with Crippen LogP contribution in [0.5, 0.6) is 0 Å². The fourth-order valence-corrected chi connectivity index (χ4v) is 1.30. The average molecular weight is 259 g/mol. The minimum atomic E-state index is -0.999. The second-order valence-electron chi connectivity index (χ2n) is 4.08. The maximum Gasteiger partial charge on any atom is 0.303 e. The molecule has 0 saturated heterocycles. The first-order valence-corrected chi connectivity index (χ1v) is 5.87. The Labute approximate surface area is 106 Å². The molecule has 2 amide bonds. The van der Waals surface area contributed by atoms with Gasteiger partial charge in [0.25, 0.3) is 0 Å². The van der Waals surface area contributed by atoms with E-state index in [0.717, 1.165) is 6.42 Å². The fourth-order valence-electron chi connectivity index (χ4n) is 1.30. The van der Waals surface area contributed by atoms with Crippen molar-refractivity contribution in [3.63, 3.8) is 0 Å². The van der Waals surface area contributed by atoms with Crippen LogP contribution in [0, 0.1) is 0 Å². The van der Waals surface area contributed by atoms with Crippen molar-refractivity contribution in [1.29, 1.82) is 0 Å². The molecule has 0 bridgehead atoms. The topological polar surface area (TPSA) is 113 Å². The summed E-state index contributed by atoms with van der Waals surface area (Å²) < 4.78 is 0. The number of nitrogens with zero attached hydrogens (tertiary/aromatic N) is 1. The molecule has 0 rings (SSSR count). The van der Waals surface area contributed by atoms with Gasteiger partial charge in [-0.2, -0.15) is 0 Å². The van der Waals surface area contributed by atoms with E-state index >= 15 is 0 Å². The first-order valence-electron chi connectivity index (χ1n) is 5.87. The molecule has 7 nitrogen and oxygen atoms in total. The summed E-state index contributed by atoms with van der Waals surface area (Å²) in [4.78, 5) is 34.6. The van der Waals surface area contributed by atoms with Gasteiger partial charge in [-0.05, 0) is 12.8 Å². The number of carboxylic acids is 1. The molecular formula is C11H21N3O4. The van der Waals surface area contributed by atoms with Crippen LogP contribution in [0.4, 0.5) is 0 Å². The van der Waals surface area contributed by atoms with Gasteiger partial charge in [-0.25, -0.2) is 0 Å². The number of hydrogen-bond donors (Lipinski definition) is 3. The molecule has 4 N–H and O–H groups in total. The van der Waals surface area contributed by atoms with Crippen molar-refractivity contribution in [3.05, 3.63) is 0 Å². The first-order chi connectivity index (χ1) is 8.38. The highest BCUT2D eigenvalue weighted by Crippen LogP contribution is 1.99. The third-order valence-electron chi connectivity index (χ3n) is 2.32. The van der Waals surface area contributed by atoms with Crippen LogP contribution >= 0.6 is 0 Å². The fraction of sp³-hybridized carbons (Fsp3) is 0.727. The third-order valence-corrected chi connectivity index (χ3v) is 2.32. The molecule has 0 heterocycles. The van der Waals surface area contributed by atoms with E-state index in [1.807, 2.05) is 6.92 Å². The Morgan fingerprint density at radius 3 is 2.50 bits per heavy atom. The quantitative estimate of drug-likeness (QED) is 0.526. The number of likely N-dealkylation sites (N-methyl/N-ethyl adjacent to an activating group) is 1. The third kappa shape index (κ3) is 6.85. The second kappa shape index (κ2) is 8.46. The lowest BCUT2D eigenvalue weighted by molar-refractivity contribution is -0.138. The van der Waals surface area contributed by atoms with Gasteiger partial charge >= 0.3 is 5.97 Å². The van der Waals surface area contributed by atoms with E-state index in [1.165, 1.54) is 11.9 Å². The van der Waals surface area contributed by atoms with Crippen molar-refractivity contribution >= 4 is 17.8 Å². The zero-order valence-electron chi connectivity index (χ0n) is 10.8. The van der Waals surface area contributed by atoms with Crippen LogP contribution in [-0.2, 0) is 14.4 Å². The molecule has 0 aliphatic carbocycles. The summed E-state index contributed by atoms with van der Waals surface area (Å²) in [7, 11) is 1.47. The Bertz CT molecular complexity index is 307. The standard InChI is InChI=1S/C11H21N3O4/c1-3-6-13-9(15)7-14(2)11(18)8(12)4-5-10(16)17/h8H,3-7,12H2,1-2H3,(H,13,15)(H,16,17). The summed E-state index contributed by atoms with van der Waals surface area (Å²) in [5, 5.41) is 11.1. The number of rotatable bonds is 8. The van der Waals surface area contributed by atoms with Gasteiger partial charge in [-0.15, -0.1) is 0 Å². The molecule has 1 unspecified atom stereocenters. The SMILES string of the molecule is CCCNC(=O)CN(C)C(=O)C(N)CCC(=O)O. The van der Waals surface area contributed by atoms with E-state index in [2.05, 4.69) is 5.32 Å². The zero-order chi connectivity index (χ0) is 14.1. The number of nitrogens with one attached hydrogen (secondary N) is 1. The van der Waals surface area contributed by atoms with Gasteiger partial charge in [0.05, 0.1) is 12.6 Å². The molecule has 0 aliphatic rings. The van der Waals surface area contributed by atoms with Crippen LogP contribution in [0.1, 0.15) is 26.2 Å². The smallest absolute Gasteiger partial charge is 0.303 e. The predicted molar refractivity (Wildman–Crippen MR) is 65.8 cm³/mol. The van der Waals surface area contributed by atoms with Crippen molar-refractivity contribution in [3.8, 4) is 0 Å². The molecule has 0 radical (unpaired) electrons. The number of amides is 2. The van der Waals surface area contributed by atoms with E-state index in [9.17, 15) is 14.4 Å². The summed E-state index contributed by atoms with van der Waals surface area (Å²) in [5.41, 5.74) is 5.56. The van der Waals surface area contributed by atoms with E-state index in [-0.39, 0.29) is 25.3 Å². The normalized spacial score (nSPS) is 11.7. The molecule has 0 aromatic rings. The number of carbonyl (C=O) groups excluding carboxylic acids is 2. The van der Waals surface area contributed by atoms with Gasteiger partial charge in [0.15, 0.2) is 0 Å². The maximum atomic E-state index is 11.7. The molecule has 0 aromatic heterocycles. The molecule has 0 spiro atoms. The van der Waals surface area contributed by atoms with Crippen molar-refractivity contribution in [2.24, 2.45) is 5.73 Å². The largest absolute Gasteiger partial charge is 0.481 e. The van der Waals surface area contributed by atoms with Crippen LogP contribution < -0.4 is 11.1 Å². The number of hydrogen-bond acceptors (Lipinski definition) is 4. The number of carboxylic acid groups (broad SMARTS) is 1. The summed E-state index contributed by atoms with van der Waals surface area (Å²) in [6.45, 7) is 2.42. The van der Waals surface area contributed by atoms with Gasteiger partial charge in [-0.3, -0.25) is 14.4 Å². The molecular weight excluding hydrogens is 238 g/mol. The van der Waals surface area contributed by atoms with Crippen LogP contribution in [0.3, 0.4) is 0 Å². The Balaban J connectivity index is 4.08. The molecule has 0 saturated carbocycles. The van der Waals surface area contributed by atoms with Crippen molar-refractivity contribution in [1.82, 2.24) is 10.2 Å². The lowest BCUT2D eigenvalue weighted by Crippen LogP contribution is -2.46. The van der Waals surface area contributed by atoms with Crippen LogP contribution in [0.25, 0.3) is 0 Å². The summed E-state index contributed by atoms with van der Waals surface area (Å²) >= 11 is 0. The van der Waals surface area contributed by atoms with Crippen molar-refractivity contribution < 1.29 is 19.5 Å². The van der Waals surface area contributed by atoms with Crippen molar-refractivity contribution in [2.45, 2.75) is 32.2 Å². The number of carbonyl (C=O) groups is 3. The highest BCUT2D eigenvalue weighted by molar-refractivity contribution is 5.87. The summed E-state index contributed by atoms with van der Waals surface area (Å²) in [6.07, 6.45) is 0.722. The lowest BCUT2D eigenvalue weighted by Gasteiger charge is -2.20. The summed E-state index contributed by atoms with van der Waals surface area (Å²) in [5.74, 6) is -1.68. The lowest BCUT2D eigenvalue weighted by atomic mass is 10.1. The molecule has 0 aromatic carbocycles. The van der Waals surface area contributed by atoms with Crippen molar-refractivity contribution in [2.75, 3.05) is 20.1 Å². The van der Waals surface area contributed by atoms with Gasteiger partial charge in [0, 0.05) is 20.0 Å². The van der Waals surface area contributed by atoms with Gasteiger partial charge in [0.2, 0.25) is 11.8 Å². The Morgan fingerprint density at radius 2 is 2.00 bits per heavy atom. The van der Waals surface area contributed by atoms with Crippen LogP contribution in [0.2, 0.25) is 0 Å². The maximum absolute atomic E-state index is 11.7. The Kier molecular flexibility index (Phi) is 7.69. The highest BCUT2D eigenvalue weighted by Gasteiger charge is 2.20. The second-order valence-corrected chi connectivity index (χ2v) is 4.08. The molecule has 1 atom stereocenters. The molecule has 104 valence electrons. The summed E-state index contributed by atoms with van der Waals surface area (Å²) in [6, 6.07) is -0.884. The van der Waals surface area contributed by atoms with E-state index in [4.69, 9.17) is 10.8 Å².